The van der Waals surface area contributed by atoms with Gasteiger partial charge in [-0.3, -0.25) is 4.98 Å². The minimum atomic E-state index is 0.567. The van der Waals surface area contributed by atoms with Gasteiger partial charge in [-0.05, 0) is 11.6 Å². The van der Waals surface area contributed by atoms with Gasteiger partial charge < -0.3 is 4.74 Å². The van der Waals surface area contributed by atoms with Gasteiger partial charge in [0.15, 0.2) is 0 Å². The predicted octanol–water partition coefficient (Wildman–Crippen LogP) is 1.87. The molecule has 0 saturated heterocycles. The highest BCUT2D eigenvalue weighted by Crippen LogP contribution is 2.01. The summed E-state index contributed by atoms with van der Waals surface area (Å²) < 4.78 is 4.91. The molecule has 2 nitrogen and oxygen atoms in total. The highest BCUT2D eigenvalue weighted by Gasteiger charge is 1.91. The molecule has 0 bridgehead atoms. The van der Waals surface area contributed by atoms with Crippen LogP contribution in [0.15, 0.2) is 24.9 Å². The minimum Gasteiger partial charge on any atom is -0.378 e. The number of hydrogen-bond acceptors (Lipinski definition) is 2. The summed E-state index contributed by atoms with van der Waals surface area (Å²) in [6.45, 7) is 4.20. The van der Waals surface area contributed by atoms with E-state index in [1.807, 2.05) is 12.1 Å². The number of hydrogen-bond donors (Lipinski definition) is 0. The van der Waals surface area contributed by atoms with Crippen molar-refractivity contribution < 1.29 is 4.74 Å². The average molecular weight is 149 g/mol. The Morgan fingerprint density at radius 3 is 2.91 bits per heavy atom. The van der Waals surface area contributed by atoms with Crippen molar-refractivity contribution in [1.29, 1.82) is 0 Å². The zero-order valence-corrected chi connectivity index (χ0v) is 6.58. The lowest BCUT2D eigenvalue weighted by atomic mass is 10.2. The van der Waals surface area contributed by atoms with E-state index in [0.29, 0.717) is 6.61 Å². The first kappa shape index (κ1) is 7.95. The summed E-state index contributed by atoms with van der Waals surface area (Å²) >= 11 is 0. The van der Waals surface area contributed by atoms with Gasteiger partial charge in [0, 0.05) is 13.3 Å². The Morgan fingerprint density at radius 2 is 2.45 bits per heavy atom. The third kappa shape index (κ3) is 2.16. The van der Waals surface area contributed by atoms with E-state index in [0.717, 1.165) is 11.3 Å². The Hall–Kier alpha value is -1.15. The SMILES string of the molecule is C=Cc1ccc(COC)nc1. The van der Waals surface area contributed by atoms with Gasteiger partial charge in [0.05, 0.1) is 12.3 Å². The molecule has 0 amide bonds. The van der Waals surface area contributed by atoms with Crippen molar-refractivity contribution in [3.63, 3.8) is 0 Å². The molecule has 2 heteroatoms. The molecule has 0 fully saturated rings. The summed E-state index contributed by atoms with van der Waals surface area (Å²) in [6.07, 6.45) is 3.55. The molecule has 0 aliphatic rings. The quantitative estimate of drug-likeness (QED) is 0.654. The van der Waals surface area contributed by atoms with Crippen LogP contribution in [-0.2, 0) is 11.3 Å². The normalized spacial score (nSPS) is 9.55. The topological polar surface area (TPSA) is 22.1 Å². The summed E-state index contributed by atoms with van der Waals surface area (Å²) in [7, 11) is 1.66. The standard InChI is InChI=1S/C9H11NO/c1-3-8-4-5-9(7-11-2)10-6-8/h3-6H,1,7H2,2H3. The summed E-state index contributed by atoms with van der Waals surface area (Å²) in [5.74, 6) is 0. The maximum atomic E-state index is 4.91. The maximum Gasteiger partial charge on any atom is 0.0884 e. The smallest absolute Gasteiger partial charge is 0.0884 e. The molecule has 1 rings (SSSR count). The number of aromatic nitrogens is 1. The predicted molar refractivity (Wildman–Crippen MR) is 45.0 cm³/mol. The lowest BCUT2D eigenvalue weighted by Crippen LogP contribution is -1.90. The Balaban J connectivity index is 2.74. The number of pyridine rings is 1. The molecule has 1 aromatic rings. The van der Waals surface area contributed by atoms with E-state index in [4.69, 9.17) is 4.74 Å². The molecule has 0 aliphatic heterocycles. The molecule has 11 heavy (non-hydrogen) atoms. The van der Waals surface area contributed by atoms with Crippen LogP contribution in [0, 0.1) is 0 Å². The summed E-state index contributed by atoms with van der Waals surface area (Å²) in [5, 5.41) is 0. The first-order chi connectivity index (χ1) is 5.36. The lowest BCUT2D eigenvalue weighted by Gasteiger charge is -1.97. The number of nitrogens with zero attached hydrogens (tertiary/aromatic N) is 1. The zero-order chi connectivity index (χ0) is 8.10. The Labute approximate surface area is 66.5 Å². The lowest BCUT2D eigenvalue weighted by molar-refractivity contribution is 0.181. The van der Waals surface area contributed by atoms with Crippen LogP contribution in [0.5, 0.6) is 0 Å². The van der Waals surface area contributed by atoms with Crippen LogP contribution in [0.3, 0.4) is 0 Å². The molecule has 0 aromatic carbocycles. The van der Waals surface area contributed by atoms with E-state index in [1.165, 1.54) is 0 Å². The first-order valence-electron chi connectivity index (χ1n) is 3.43. The number of methoxy groups -OCH3 is 1. The highest BCUT2D eigenvalue weighted by atomic mass is 16.5. The third-order valence-electron chi connectivity index (χ3n) is 1.38. The van der Waals surface area contributed by atoms with Crippen LogP contribution in [0.4, 0.5) is 0 Å². The molecule has 0 unspecified atom stereocenters. The Bertz CT molecular complexity index is 228. The van der Waals surface area contributed by atoms with Crippen molar-refractivity contribution in [1.82, 2.24) is 4.98 Å². The van der Waals surface area contributed by atoms with E-state index < -0.39 is 0 Å². The monoisotopic (exact) mass is 149 g/mol. The van der Waals surface area contributed by atoms with Crippen molar-refractivity contribution in [2.75, 3.05) is 7.11 Å². The Morgan fingerprint density at radius 1 is 1.64 bits per heavy atom. The largest absolute Gasteiger partial charge is 0.378 e. The van der Waals surface area contributed by atoms with Crippen LogP contribution >= 0.6 is 0 Å². The maximum absolute atomic E-state index is 4.91. The van der Waals surface area contributed by atoms with Gasteiger partial charge in [0.2, 0.25) is 0 Å². The van der Waals surface area contributed by atoms with Crippen LogP contribution in [0.25, 0.3) is 6.08 Å². The molecule has 0 radical (unpaired) electrons. The summed E-state index contributed by atoms with van der Waals surface area (Å²) in [5.41, 5.74) is 1.97. The molecular formula is C9H11NO. The molecule has 0 atom stereocenters. The third-order valence-corrected chi connectivity index (χ3v) is 1.38. The van der Waals surface area contributed by atoms with Gasteiger partial charge in [-0.25, -0.2) is 0 Å². The van der Waals surface area contributed by atoms with Crippen LogP contribution in [-0.4, -0.2) is 12.1 Å². The average Bonchev–Trinajstić information content (AvgIpc) is 2.07. The van der Waals surface area contributed by atoms with Gasteiger partial charge in [-0.1, -0.05) is 18.7 Å². The van der Waals surface area contributed by atoms with Crippen molar-refractivity contribution in [2.45, 2.75) is 6.61 Å². The van der Waals surface area contributed by atoms with Crippen molar-refractivity contribution in [2.24, 2.45) is 0 Å². The molecule has 0 aliphatic carbocycles. The van der Waals surface area contributed by atoms with Gasteiger partial charge in [-0.2, -0.15) is 0 Å². The zero-order valence-electron chi connectivity index (χ0n) is 6.58. The van der Waals surface area contributed by atoms with E-state index in [9.17, 15) is 0 Å². The fourth-order valence-corrected chi connectivity index (χ4v) is 0.790. The van der Waals surface area contributed by atoms with E-state index in [-0.39, 0.29) is 0 Å². The molecule has 0 spiro atoms. The molecule has 0 saturated carbocycles. The fraction of sp³-hybridized carbons (Fsp3) is 0.222. The summed E-state index contributed by atoms with van der Waals surface area (Å²) in [4.78, 5) is 4.14. The molecule has 0 N–H and O–H groups in total. The van der Waals surface area contributed by atoms with E-state index >= 15 is 0 Å². The highest BCUT2D eigenvalue weighted by molar-refractivity contribution is 5.44. The number of ether oxygens (including phenoxy) is 1. The van der Waals surface area contributed by atoms with Gasteiger partial charge in [0.1, 0.15) is 0 Å². The van der Waals surface area contributed by atoms with E-state index in [1.54, 1.807) is 19.4 Å². The van der Waals surface area contributed by atoms with Crippen LogP contribution in [0.2, 0.25) is 0 Å². The first-order valence-corrected chi connectivity index (χ1v) is 3.43. The van der Waals surface area contributed by atoms with E-state index in [2.05, 4.69) is 11.6 Å². The van der Waals surface area contributed by atoms with Crippen LogP contribution in [0.1, 0.15) is 11.3 Å². The van der Waals surface area contributed by atoms with Crippen molar-refractivity contribution >= 4 is 6.08 Å². The fourth-order valence-electron chi connectivity index (χ4n) is 0.790. The van der Waals surface area contributed by atoms with Gasteiger partial charge in [0.25, 0.3) is 0 Å². The molecular weight excluding hydrogens is 138 g/mol. The number of rotatable bonds is 3. The Kier molecular flexibility index (Phi) is 2.81. The molecule has 1 aromatic heterocycles. The van der Waals surface area contributed by atoms with Crippen molar-refractivity contribution in [3.05, 3.63) is 36.2 Å². The van der Waals surface area contributed by atoms with Gasteiger partial charge >= 0.3 is 0 Å². The molecule has 58 valence electrons. The second-order valence-corrected chi connectivity index (χ2v) is 2.22. The summed E-state index contributed by atoms with van der Waals surface area (Å²) in [6, 6.07) is 3.90. The second kappa shape index (κ2) is 3.88. The van der Waals surface area contributed by atoms with Crippen molar-refractivity contribution in [3.8, 4) is 0 Å². The van der Waals surface area contributed by atoms with Gasteiger partial charge in [-0.15, -0.1) is 0 Å². The minimum absolute atomic E-state index is 0.567. The van der Waals surface area contributed by atoms with Crippen LogP contribution < -0.4 is 0 Å². The molecule has 1 heterocycles. The second-order valence-electron chi connectivity index (χ2n) is 2.22.